The smallest absolute Gasteiger partial charge is 0.330 e. The van der Waals surface area contributed by atoms with Crippen LogP contribution in [0.4, 0.5) is 0 Å². The van der Waals surface area contributed by atoms with Gasteiger partial charge in [0.05, 0.1) is 0 Å². The van der Waals surface area contributed by atoms with Crippen molar-refractivity contribution in [3.63, 3.8) is 0 Å². The molecular weight excluding hydrogens is 248 g/mol. The minimum Gasteiger partial charge on any atom is -0.479 e. The van der Waals surface area contributed by atoms with Crippen molar-refractivity contribution in [2.45, 2.75) is 13.0 Å². The van der Waals surface area contributed by atoms with Crippen molar-refractivity contribution >= 4 is 11.9 Å². The predicted octanol–water partition coefficient (Wildman–Crippen LogP) is 1.54. The summed E-state index contributed by atoms with van der Waals surface area (Å²) >= 11 is 0. The van der Waals surface area contributed by atoms with Crippen LogP contribution in [0.3, 0.4) is 0 Å². The fourth-order valence-corrected chi connectivity index (χ4v) is 1.61. The average Bonchev–Trinajstić information content (AvgIpc) is 2.83. The summed E-state index contributed by atoms with van der Waals surface area (Å²) in [4.78, 5) is 23.1. The molecule has 2 aromatic rings. The molecule has 2 rings (SSSR count). The Bertz CT molecular complexity index is 592. The lowest BCUT2D eigenvalue weighted by Gasteiger charge is -2.13. The first-order valence-corrected chi connectivity index (χ1v) is 5.60. The van der Waals surface area contributed by atoms with E-state index in [1.807, 2.05) is 0 Å². The van der Waals surface area contributed by atoms with E-state index in [0.29, 0.717) is 11.3 Å². The fourth-order valence-electron chi connectivity index (χ4n) is 1.61. The molecule has 0 unspecified atom stereocenters. The summed E-state index contributed by atoms with van der Waals surface area (Å²) in [6.07, 6.45) is 0. The van der Waals surface area contributed by atoms with Crippen molar-refractivity contribution in [1.82, 2.24) is 10.5 Å². The van der Waals surface area contributed by atoms with Crippen LogP contribution in [0.5, 0.6) is 0 Å². The van der Waals surface area contributed by atoms with Gasteiger partial charge in [0.25, 0.3) is 5.91 Å². The molecule has 0 spiro atoms. The Labute approximate surface area is 109 Å². The quantitative estimate of drug-likeness (QED) is 0.869. The number of nitrogens with one attached hydrogen (secondary N) is 1. The van der Waals surface area contributed by atoms with Crippen molar-refractivity contribution < 1.29 is 19.2 Å². The van der Waals surface area contributed by atoms with E-state index >= 15 is 0 Å². The van der Waals surface area contributed by atoms with E-state index in [2.05, 4.69) is 10.5 Å². The van der Waals surface area contributed by atoms with Crippen LogP contribution >= 0.6 is 0 Å². The summed E-state index contributed by atoms with van der Waals surface area (Å²) in [6, 6.07) is 8.77. The van der Waals surface area contributed by atoms with E-state index in [1.54, 1.807) is 37.3 Å². The summed E-state index contributed by atoms with van der Waals surface area (Å²) in [6.45, 7) is 1.65. The number of aryl methyl sites for hydroxylation is 1. The number of aromatic nitrogens is 1. The molecule has 1 aromatic heterocycles. The Balaban J connectivity index is 2.18. The maximum Gasteiger partial charge on any atom is 0.330 e. The number of amides is 1. The van der Waals surface area contributed by atoms with E-state index in [4.69, 9.17) is 9.63 Å². The topological polar surface area (TPSA) is 92.4 Å². The highest BCUT2D eigenvalue weighted by molar-refractivity contribution is 5.95. The van der Waals surface area contributed by atoms with Gasteiger partial charge in [-0.25, -0.2) is 4.79 Å². The fraction of sp³-hybridized carbons (Fsp3) is 0.154. The van der Waals surface area contributed by atoms with Crippen LogP contribution < -0.4 is 5.32 Å². The number of nitrogens with zero attached hydrogens (tertiary/aromatic N) is 1. The summed E-state index contributed by atoms with van der Waals surface area (Å²) in [5.41, 5.74) is 0.545. The summed E-state index contributed by atoms with van der Waals surface area (Å²) in [7, 11) is 0. The number of rotatable bonds is 4. The first-order chi connectivity index (χ1) is 9.08. The first kappa shape index (κ1) is 12.8. The van der Waals surface area contributed by atoms with Crippen LogP contribution in [-0.4, -0.2) is 22.1 Å². The molecule has 19 heavy (non-hydrogen) atoms. The van der Waals surface area contributed by atoms with E-state index < -0.39 is 17.9 Å². The highest BCUT2D eigenvalue weighted by atomic mass is 16.5. The molecule has 0 saturated heterocycles. The number of hydrogen-bond donors (Lipinski definition) is 2. The van der Waals surface area contributed by atoms with Crippen molar-refractivity contribution in [1.29, 1.82) is 0 Å². The summed E-state index contributed by atoms with van der Waals surface area (Å²) in [5.74, 6) is -1.25. The van der Waals surface area contributed by atoms with Gasteiger partial charge in [-0.15, -0.1) is 0 Å². The molecule has 0 aliphatic rings. The maximum atomic E-state index is 11.8. The second-order valence-corrected chi connectivity index (χ2v) is 3.98. The SMILES string of the molecule is Cc1cc(C(=O)N[C@H](C(=O)O)c2ccccc2)no1. The zero-order valence-electron chi connectivity index (χ0n) is 10.2. The average molecular weight is 260 g/mol. The third kappa shape index (κ3) is 2.98. The van der Waals surface area contributed by atoms with Gasteiger partial charge in [-0.1, -0.05) is 35.5 Å². The Hall–Kier alpha value is -2.63. The van der Waals surface area contributed by atoms with E-state index in [9.17, 15) is 9.59 Å². The first-order valence-electron chi connectivity index (χ1n) is 5.60. The molecule has 0 saturated carbocycles. The van der Waals surface area contributed by atoms with Crippen molar-refractivity contribution in [3.8, 4) is 0 Å². The molecule has 98 valence electrons. The molecule has 2 N–H and O–H groups in total. The molecule has 1 amide bonds. The molecule has 6 heteroatoms. The third-order valence-corrected chi connectivity index (χ3v) is 2.52. The Morgan fingerprint density at radius 2 is 2.00 bits per heavy atom. The van der Waals surface area contributed by atoms with Crippen LogP contribution in [0.1, 0.15) is 27.9 Å². The highest BCUT2D eigenvalue weighted by Crippen LogP contribution is 2.13. The minimum absolute atomic E-state index is 0.0553. The zero-order chi connectivity index (χ0) is 13.8. The standard InChI is InChI=1S/C13H12N2O4/c1-8-7-10(15-19-8)12(16)14-11(13(17)18)9-5-3-2-4-6-9/h2-7,11H,1H3,(H,14,16)(H,17,18)/t11-/m0/s1. The van der Waals surface area contributed by atoms with Gasteiger partial charge in [0, 0.05) is 6.07 Å². The minimum atomic E-state index is -1.14. The number of benzene rings is 1. The highest BCUT2D eigenvalue weighted by Gasteiger charge is 2.23. The zero-order valence-corrected chi connectivity index (χ0v) is 10.2. The molecule has 0 fully saturated rings. The number of carbonyl (C=O) groups is 2. The van der Waals surface area contributed by atoms with Crippen molar-refractivity contribution in [3.05, 3.63) is 53.4 Å². The van der Waals surface area contributed by atoms with Gasteiger partial charge < -0.3 is 14.9 Å². The van der Waals surface area contributed by atoms with Crippen LogP contribution in [0.15, 0.2) is 40.9 Å². The lowest BCUT2D eigenvalue weighted by Crippen LogP contribution is -2.33. The largest absolute Gasteiger partial charge is 0.479 e. The van der Waals surface area contributed by atoms with Gasteiger partial charge in [-0.2, -0.15) is 0 Å². The molecule has 0 bridgehead atoms. The van der Waals surface area contributed by atoms with Crippen LogP contribution in [0.2, 0.25) is 0 Å². The third-order valence-electron chi connectivity index (χ3n) is 2.52. The van der Waals surface area contributed by atoms with E-state index in [-0.39, 0.29) is 5.69 Å². The van der Waals surface area contributed by atoms with Crippen LogP contribution in [0, 0.1) is 6.92 Å². The number of aliphatic carboxylic acids is 1. The Morgan fingerprint density at radius 1 is 1.32 bits per heavy atom. The molecule has 1 aromatic carbocycles. The number of hydrogen-bond acceptors (Lipinski definition) is 4. The molecule has 1 heterocycles. The van der Waals surface area contributed by atoms with Gasteiger partial charge in [-0.3, -0.25) is 4.79 Å². The lowest BCUT2D eigenvalue weighted by atomic mass is 10.1. The van der Waals surface area contributed by atoms with Gasteiger partial charge >= 0.3 is 5.97 Å². The summed E-state index contributed by atoms with van der Waals surface area (Å²) in [5, 5.41) is 15.1. The van der Waals surface area contributed by atoms with Crippen LogP contribution in [-0.2, 0) is 4.79 Å². The molecule has 0 aliphatic carbocycles. The number of carboxylic acids is 1. The predicted molar refractivity (Wildman–Crippen MR) is 65.5 cm³/mol. The normalized spacial score (nSPS) is 11.8. The molecule has 0 aliphatic heterocycles. The van der Waals surface area contributed by atoms with Crippen LogP contribution in [0.25, 0.3) is 0 Å². The second-order valence-electron chi connectivity index (χ2n) is 3.98. The lowest BCUT2D eigenvalue weighted by molar-refractivity contribution is -0.139. The van der Waals surface area contributed by atoms with Gasteiger partial charge in [0.2, 0.25) is 0 Å². The van der Waals surface area contributed by atoms with Crippen molar-refractivity contribution in [2.75, 3.05) is 0 Å². The second kappa shape index (κ2) is 5.34. The van der Waals surface area contributed by atoms with Crippen molar-refractivity contribution in [2.24, 2.45) is 0 Å². The Morgan fingerprint density at radius 3 is 2.53 bits per heavy atom. The van der Waals surface area contributed by atoms with Gasteiger partial charge in [0.1, 0.15) is 5.76 Å². The number of carboxylic acid groups (broad SMARTS) is 1. The Kier molecular flexibility index (Phi) is 3.61. The molecular formula is C13H12N2O4. The summed E-state index contributed by atoms with van der Waals surface area (Å²) < 4.78 is 4.78. The molecule has 6 nitrogen and oxygen atoms in total. The number of carbonyl (C=O) groups excluding carboxylic acids is 1. The molecule has 0 radical (unpaired) electrons. The monoisotopic (exact) mass is 260 g/mol. The molecule has 1 atom stereocenters. The van der Waals surface area contributed by atoms with E-state index in [0.717, 1.165) is 0 Å². The van der Waals surface area contributed by atoms with E-state index in [1.165, 1.54) is 6.07 Å². The van der Waals surface area contributed by atoms with Gasteiger partial charge in [-0.05, 0) is 12.5 Å². The maximum absolute atomic E-state index is 11.8. The van der Waals surface area contributed by atoms with Gasteiger partial charge in [0.15, 0.2) is 11.7 Å².